The van der Waals surface area contributed by atoms with E-state index in [1.807, 2.05) is 19.1 Å². The minimum Gasteiger partial charge on any atom is -0.304 e. The van der Waals surface area contributed by atoms with Gasteiger partial charge in [0.15, 0.2) is 0 Å². The van der Waals surface area contributed by atoms with Gasteiger partial charge in [-0.25, -0.2) is 10.9 Å². The molecule has 0 saturated heterocycles. The first-order valence-corrected chi connectivity index (χ1v) is 5.29. The number of rotatable bonds is 3. The second kappa shape index (κ2) is 4.04. The second-order valence-electron chi connectivity index (χ2n) is 3.12. The molecule has 2 N–H and O–H groups in total. The van der Waals surface area contributed by atoms with Gasteiger partial charge in [0.2, 0.25) is 0 Å². The summed E-state index contributed by atoms with van der Waals surface area (Å²) in [5, 5.41) is 1.10. The summed E-state index contributed by atoms with van der Waals surface area (Å²) in [5.41, 5.74) is 2.33. The Balaban J connectivity index is 2.42. The third-order valence-electron chi connectivity index (χ3n) is 2.09. The third kappa shape index (κ3) is 1.77. The minimum absolute atomic E-state index is 0.552. The SMILES string of the molecule is Cc1nc2cccc(CCON)c2s1. The third-order valence-corrected chi connectivity index (χ3v) is 3.15. The molecular weight excluding hydrogens is 196 g/mol. The quantitative estimate of drug-likeness (QED) is 0.785. The number of hydrogen-bond donors (Lipinski definition) is 1. The number of benzene rings is 1. The predicted molar refractivity (Wildman–Crippen MR) is 58.2 cm³/mol. The van der Waals surface area contributed by atoms with Crippen molar-refractivity contribution < 1.29 is 4.84 Å². The molecule has 1 aromatic heterocycles. The topological polar surface area (TPSA) is 48.1 Å². The van der Waals surface area contributed by atoms with Crippen LogP contribution in [0.1, 0.15) is 10.6 Å². The highest BCUT2D eigenvalue weighted by molar-refractivity contribution is 7.18. The van der Waals surface area contributed by atoms with E-state index in [1.165, 1.54) is 10.3 Å². The number of thiazole rings is 1. The fourth-order valence-electron chi connectivity index (χ4n) is 1.48. The lowest BCUT2D eigenvalue weighted by Gasteiger charge is -2.00. The fourth-order valence-corrected chi connectivity index (χ4v) is 2.44. The molecule has 1 heterocycles. The number of aromatic nitrogens is 1. The molecule has 4 heteroatoms. The van der Waals surface area contributed by atoms with Crippen molar-refractivity contribution in [3.63, 3.8) is 0 Å². The van der Waals surface area contributed by atoms with E-state index in [1.54, 1.807) is 11.3 Å². The van der Waals surface area contributed by atoms with Crippen molar-refractivity contribution in [2.24, 2.45) is 5.90 Å². The fraction of sp³-hybridized carbons (Fsp3) is 0.300. The van der Waals surface area contributed by atoms with Crippen LogP contribution in [-0.2, 0) is 11.3 Å². The van der Waals surface area contributed by atoms with Crippen LogP contribution < -0.4 is 5.90 Å². The van der Waals surface area contributed by atoms with Crippen molar-refractivity contribution in [3.05, 3.63) is 28.8 Å². The van der Waals surface area contributed by atoms with Gasteiger partial charge in [0.1, 0.15) is 0 Å². The molecule has 0 radical (unpaired) electrons. The zero-order valence-electron chi connectivity index (χ0n) is 7.99. The molecule has 2 rings (SSSR count). The van der Waals surface area contributed by atoms with Crippen LogP contribution in [0.5, 0.6) is 0 Å². The molecule has 0 aliphatic rings. The number of nitrogens with two attached hydrogens (primary N) is 1. The summed E-state index contributed by atoms with van der Waals surface area (Å²) in [7, 11) is 0. The van der Waals surface area contributed by atoms with E-state index in [0.29, 0.717) is 6.61 Å². The molecule has 0 amide bonds. The van der Waals surface area contributed by atoms with Gasteiger partial charge in [-0.2, -0.15) is 0 Å². The first kappa shape index (κ1) is 9.58. The van der Waals surface area contributed by atoms with Gasteiger partial charge in [0.25, 0.3) is 0 Å². The molecule has 0 aliphatic carbocycles. The standard InChI is InChI=1S/C10H12N2OS/c1-7-12-9-4-2-3-8(5-6-13-11)10(9)14-7/h2-4H,5-6,11H2,1H3. The van der Waals surface area contributed by atoms with E-state index in [4.69, 9.17) is 5.90 Å². The van der Waals surface area contributed by atoms with E-state index >= 15 is 0 Å². The molecular formula is C10H12N2OS. The van der Waals surface area contributed by atoms with Crippen LogP contribution in [0.3, 0.4) is 0 Å². The lowest BCUT2D eigenvalue weighted by atomic mass is 10.1. The summed E-state index contributed by atoms with van der Waals surface area (Å²) in [6.07, 6.45) is 0.843. The Labute approximate surface area is 86.5 Å². The maximum absolute atomic E-state index is 5.01. The predicted octanol–water partition coefficient (Wildman–Crippen LogP) is 2.04. The summed E-state index contributed by atoms with van der Waals surface area (Å²) in [4.78, 5) is 9.01. The molecule has 0 spiro atoms. The molecule has 2 aromatic rings. The van der Waals surface area contributed by atoms with Gasteiger partial charge in [-0.05, 0) is 25.0 Å². The van der Waals surface area contributed by atoms with Crippen LogP contribution in [0, 0.1) is 6.92 Å². The summed E-state index contributed by atoms with van der Waals surface area (Å²) in [6, 6.07) is 6.15. The van der Waals surface area contributed by atoms with Crippen molar-refractivity contribution in [3.8, 4) is 0 Å². The summed E-state index contributed by atoms with van der Waals surface area (Å²) >= 11 is 1.72. The summed E-state index contributed by atoms with van der Waals surface area (Å²) in [5.74, 6) is 5.01. The van der Waals surface area contributed by atoms with E-state index in [9.17, 15) is 0 Å². The zero-order valence-corrected chi connectivity index (χ0v) is 8.80. The van der Waals surface area contributed by atoms with Gasteiger partial charge in [0, 0.05) is 0 Å². The van der Waals surface area contributed by atoms with E-state index in [-0.39, 0.29) is 0 Å². The van der Waals surface area contributed by atoms with Crippen LogP contribution in [0.2, 0.25) is 0 Å². The van der Waals surface area contributed by atoms with Crippen LogP contribution in [0.15, 0.2) is 18.2 Å². The van der Waals surface area contributed by atoms with Gasteiger partial charge in [-0.3, -0.25) is 0 Å². The Bertz CT molecular complexity index is 439. The Hall–Kier alpha value is -0.970. The molecule has 14 heavy (non-hydrogen) atoms. The highest BCUT2D eigenvalue weighted by atomic mass is 32.1. The number of fused-ring (bicyclic) bond motifs is 1. The number of aryl methyl sites for hydroxylation is 1. The van der Waals surface area contributed by atoms with Crippen LogP contribution >= 0.6 is 11.3 Å². The normalized spacial score (nSPS) is 11.0. The van der Waals surface area contributed by atoms with Gasteiger partial charge in [0.05, 0.1) is 21.8 Å². The highest BCUT2D eigenvalue weighted by Crippen LogP contribution is 2.25. The van der Waals surface area contributed by atoms with Crippen LogP contribution in [0.4, 0.5) is 0 Å². The Morgan fingerprint density at radius 2 is 2.36 bits per heavy atom. The van der Waals surface area contributed by atoms with Gasteiger partial charge < -0.3 is 4.84 Å². The first-order chi connectivity index (χ1) is 6.81. The average Bonchev–Trinajstić information content (AvgIpc) is 2.55. The Morgan fingerprint density at radius 1 is 1.50 bits per heavy atom. The lowest BCUT2D eigenvalue weighted by Crippen LogP contribution is -2.03. The first-order valence-electron chi connectivity index (χ1n) is 4.48. The summed E-state index contributed by atoms with van der Waals surface area (Å²) < 4.78 is 1.25. The maximum Gasteiger partial charge on any atom is 0.0907 e. The van der Waals surface area contributed by atoms with Crippen molar-refractivity contribution in [1.29, 1.82) is 0 Å². The molecule has 3 nitrogen and oxygen atoms in total. The molecule has 0 fully saturated rings. The van der Waals surface area contributed by atoms with Crippen molar-refractivity contribution >= 4 is 21.6 Å². The second-order valence-corrected chi connectivity index (χ2v) is 4.32. The molecule has 0 aliphatic heterocycles. The van der Waals surface area contributed by atoms with E-state index in [0.717, 1.165) is 16.9 Å². The molecule has 74 valence electrons. The smallest absolute Gasteiger partial charge is 0.0907 e. The number of nitrogens with zero attached hydrogens (tertiary/aromatic N) is 1. The number of hydrogen-bond acceptors (Lipinski definition) is 4. The Kier molecular flexibility index (Phi) is 2.77. The lowest BCUT2D eigenvalue weighted by molar-refractivity contribution is 0.141. The van der Waals surface area contributed by atoms with Gasteiger partial charge in [-0.15, -0.1) is 11.3 Å². The highest BCUT2D eigenvalue weighted by Gasteiger charge is 2.04. The molecule has 0 bridgehead atoms. The minimum atomic E-state index is 0.552. The van der Waals surface area contributed by atoms with Crippen LogP contribution in [-0.4, -0.2) is 11.6 Å². The molecule has 0 atom stereocenters. The van der Waals surface area contributed by atoms with Gasteiger partial charge in [-0.1, -0.05) is 12.1 Å². The van der Waals surface area contributed by atoms with E-state index < -0.39 is 0 Å². The van der Waals surface area contributed by atoms with Crippen molar-refractivity contribution in [1.82, 2.24) is 4.98 Å². The Morgan fingerprint density at radius 3 is 3.14 bits per heavy atom. The average molecular weight is 208 g/mol. The zero-order chi connectivity index (χ0) is 9.97. The van der Waals surface area contributed by atoms with Crippen molar-refractivity contribution in [2.75, 3.05) is 6.61 Å². The molecule has 0 unspecified atom stereocenters. The monoisotopic (exact) mass is 208 g/mol. The molecule has 1 aromatic carbocycles. The molecule has 0 saturated carbocycles. The van der Waals surface area contributed by atoms with Crippen molar-refractivity contribution in [2.45, 2.75) is 13.3 Å². The maximum atomic E-state index is 5.01. The van der Waals surface area contributed by atoms with Gasteiger partial charge >= 0.3 is 0 Å². The van der Waals surface area contributed by atoms with E-state index in [2.05, 4.69) is 15.9 Å². The van der Waals surface area contributed by atoms with Crippen LogP contribution in [0.25, 0.3) is 10.2 Å². The largest absolute Gasteiger partial charge is 0.304 e. The summed E-state index contributed by atoms with van der Waals surface area (Å²) in [6.45, 7) is 2.57.